The molecule has 0 rings (SSSR count). The second-order valence-electron chi connectivity index (χ2n) is 2.84. The Bertz CT molecular complexity index is 63.7. The molecule has 0 aliphatic carbocycles. The lowest BCUT2D eigenvalue weighted by Gasteiger charge is -2.18. The quantitative estimate of drug-likeness (QED) is 0.585. The van der Waals surface area contributed by atoms with Crippen LogP contribution in [0.4, 0.5) is 0 Å². The predicted molar refractivity (Wildman–Crippen MR) is 46.1 cm³/mol. The minimum atomic E-state index is 0.647. The van der Waals surface area contributed by atoms with E-state index in [1.54, 1.807) is 0 Å². The number of nitrogens with one attached hydrogen (secondary N) is 1. The van der Waals surface area contributed by atoms with Crippen molar-refractivity contribution >= 4 is 0 Å². The van der Waals surface area contributed by atoms with Crippen molar-refractivity contribution in [2.45, 2.75) is 33.2 Å². The van der Waals surface area contributed by atoms with Crippen LogP contribution < -0.4 is 5.32 Å². The first kappa shape index (κ1) is 9.92. The maximum atomic E-state index is 3.41. The first-order valence-corrected chi connectivity index (χ1v) is 4.12. The fourth-order valence-corrected chi connectivity index (χ4v) is 0.568. The summed E-state index contributed by atoms with van der Waals surface area (Å²) in [6, 6.07) is 0.647. The molecular formula is C8H20N2. The minimum Gasteiger partial charge on any atom is -0.302 e. The van der Waals surface area contributed by atoms with Gasteiger partial charge in [0.05, 0.1) is 0 Å². The maximum Gasteiger partial charge on any atom is 0.0479 e. The van der Waals surface area contributed by atoms with Gasteiger partial charge in [0, 0.05) is 12.7 Å². The Kier molecular flexibility index (Phi) is 5.64. The van der Waals surface area contributed by atoms with E-state index in [-0.39, 0.29) is 0 Å². The van der Waals surface area contributed by atoms with E-state index in [0.717, 1.165) is 13.2 Å². The summed E-state index contributed by atoms with van der Waals surface area (Å²) in [6.45, 7) is 8.69. The maximum absolute atomic E-state index is 3.41. The molecule has 0 aromatic heterocycles. The second-order valence-corrected chi connectivity index (χ2v) is 2.84. The fraction of sp³-hybridized carbons (Fsp3) is 1.00. The standard InChI is InChI=1S/C8H20N2/c1-5-8(3)9-7-10(4)6-2/h8-9H,5-7H2,1-4H3. The molecule has 0 radical (unpaired) electrons. The van der Waals surface area contributed by atoms with E-state index < -0.39 is 0 Å². The average molecular weight is 144 g/mol. The third kappa shape index (κ3) is 4.77. The van der Waals surface area contributed by atoms with Crippen molar-refractivity contribution in [3.8, 4) is 0 Å². The molecule has 1 N–H and O–H groups in total. The number of nitrogens with zero attached hydrogens (tertiary/aromatic N) is 1. The zero-order valence-electron chi connectivity index (χ0n) is 7.65. The smallest absolute Gasteiger partial charge is 0.0479 e. The molecule has 0 aliphatic rings. The van der Waals surface area contributed by atoms with Crippen molar-refractivity contribution in [2.75, 3.05) is 20.3 Å². The molecule has 10 heavy (non-hydrogen) atoms. The van der Waals surface area contributed by atoms with E-state index in [9.17, 15) is 0 Å². The van der Waals surface area contributed by atoms with Gasteiger partial charge in [-0.2, -0.15) is 0 Å². The van der Waals surface area contributed by atoms with E-state index in [2.05, 4.69) is 38.0 Å². The molecular weight excluding hydrogens is 124 g/mol. The predicted octanol–water partition coefficient (Wildman–Crippen LogP) is 1.28. The Morgan fingerprint density at radius 1 is 1.40 bits per heavy atom. The molecule has 2 nitrogen and oxygen atoms in total. The molecule has 0 amide bonds. The van der Waals surface area contributed by atoms with Crippen molar-refractivity contribution < 1.29 is 0 Å². The Labute approximate surface area is 64.6 Å². The van der Waals surface area contributed by atoms with Crippen LogP contribution in [0.3, 0.4) is 0 Å². The Hall–Kier alpha value is -0.0800. The summed E-state index contributed by atoms with van der Waals surface area (Å²) in [6.07, 6.45) is 1.21. The van der Waals surface area contributed by atoms with Crippen LogP contribution in [0.1, 0.15) is 27.2 Å². The first-order valence-electron chi connectivity index (χ1n) is 4.12. The van der Waals surface area contributed by atoms with Crippen molar-refractivity contribution in [1.82, 2.24) is 10.2 Å². The van der Waals surface area contributed by atoms with Gasteiger partial charge in [0.25, 0.3) is 0 Å². The molecule has 0 saturated carbocycles. The highest BCUT2D eigenvalue weighted by Gasteiger charge is 1.97. The Balaban J connectivity index is 3.17. The van der Waals surface area contributed by atoms with Gasteiger partial charge in [-0.1, -0.05) is 13.8 Å². The molecule has 1 unspecified atom stereocenters. The SMILES string of the molecule is CCC(C)NCN(C)CC. The summed E-state index contributed by atoms with van der Waals surface area (Å²) in [5.74, 6) is 0. The van der Waals surface area contributed by atoms with Crippen LogP contribution in [0.25, 0.3) is 0 Å². The topological polar surface area (TPSA) is 15.3 Å². The van der Waals surface area contributed by atoms with Gasteiger partial charge in [-0.05, 0) is 26.9 Å². The molecule has 1 atom stereocenters. The lowest BCUT2D eigenvalue weighted by atomic mass is 10.3. The highest BCUT2D eigenvalue weighted by Crippen LogP contribution is 1.87. The van der Waals surface area contributed by atoms with Gasteiger partial charge in [0.2, 0.25) is 0 Å². The number of hydrogen-bond donors (Lipinski definition) is 1. The molecule has 0 saturated heterocycles. The van der Waals surface area contributed by atoms with Crippen LogP contribution in [-0.4, -0.2) is 31.2 Å². The first-order chi connectivity index (χ1) is 4.70. The van der Waals surface area contributed by atoms with Crippen LogP contribution >= 0.6 is 0 Å². The highest BCUT2D eigenvalue weighted by atomic mass is 15.2. The van der Waals surface area contributed by atoms with E-state index in [1.807, 2.05) is 0 Å². The molecule has 0 aliphatic heterocycles. The largest absolute Gasteiger partial charge is 0.302 e. The van der Waals surface area contributed by atoms with Crippen molar-refractivity contribution in [1.29, 1.82) is 0 Å². The molecule has 0 heterocycles. The number of hydrogen-bond acceptors (Lipinski definition) is 2. The number of rotatable bonds is 5. The molecule has 0 fully saturated rings. The van der Waals surface area contributed by atoms with E-state index >= 15 is 0 Å². The average Bonchev–Trinajstić information content (AvgIpc) is 1.99. The lowest BCUT2D eigenvalue weighted by Crippen LogP contribution is -2.36. The van der Waals surface area contributed by atoms with Crippen LogP contribution in [0.15, 0.2) is 0 Å². The van der Waals surface area contributed by atoms with Gasteiger partial charge in [-0.3, -0.25) is 4.90 Å². The molecule has 0 aromatic carbocycles. The van der Waals surface area contributed by atoms with Crippen LogP contribution in [0.5, 0.6) is 0 Å². The van der Waals surface area contributed by atoms with Crippen molar-refractivity contribution in [2.24, 2.45) is 0 Å². The Morgan fingerprint density at radius 3 is 2.40 bits per heavy atom. The van der Waals surface area contributed by atoms with E-state index in [1.165, 1.54) is 6.42 Å². The van der Waals surface area contributed by atoms with Gasteiger partial charge >= 0.3 is 0 Å². The highest BCUT2D eigenvalue weighted by molar-refractivity contribution is 4.56. The van der Waals surface area contributed by atoms with Gasteiger partial charge in [-0.15, -0.1) is 0 Å². The van der Waals surface area contributed by atoms with E-state index in [0.29, 0.717) is 6.04 Å². The minimum absolute atomic E-state index is 0.647. The third-order valence-corrected chi connectivity index (χ3v) is 1.86. The van der Waals surface area contributed by atoms with Gasteiger partial charge in [0.1, 0.15) is 0 Å². The summed E-state index contributed by atoms with van der Waals surface area (Å²) in [5.41, 5.74) is 0. The molecule has 0 aromatic rings. The second kappa shape index (κ2) is 5.69. The third-order valence-electron chi connectivity index (χ3n) is 1.86. The summed E-state index contributed by atoms with van der Waals surface area (Å²) in [4.78, 5) is 2.26. The van der Waals surface area contributed by atoms with Crippen LogP contribution in [-0.2, 0) is 0 Å². The van der Waals surface area contributed by atoms with E-state index in [4.69, 9.17) is 0 Å². The fourth-order valence-electron chi connectivity index (χ4n) is 0.568. The lowest BCUT2D eigenvalue weighted by molar-refractivity contribution is 0.302. The Morgan fingerprint density at radius 2 is 2.00 bits per heavy atom. The zero-order valence-corrected chi connectivity index (χ0v) is 7.65. The molecule has 62 valence electrons. The monoisotopic (exact) mass is 144 g/mol. The zero-order chi connectivity index (χ0) is 7.98. The van der Waals surface area contributed by atoms with Gasteiger partial charge in [0.15, 0.2) is 0 Å². The van der Waals surface area contributed by atoms with Crippen molar-refractivity contribution in [3.05, 3.63) is 0 Å². The van der Waals surface area contributed by atoms with Gasteiger partial charge in [-0.25, -0.2) is 0 Å². The normalized spacial score (nSPS) is 14.1. The summed E-state index contributed by atoms with van der Waals surface area (Å²) < 4.78 is 0. The molecule has 2 heteroatoms. The molecule has 0 bridgehead atoms. The summed E-state index contributed by atoms with van der Waals surface area (Å²) in [5, 5.41) is 3.41. The van der Waals surface area contributed by atoms with Crippen LogP contribution in [0.2, 0.25) is 0 Å². The van der Waals surface area contributed by atoms with Crippen LogP contribution in [0, 0.1) is 0 Å². The summed E-state index contributed by atoms with van der Waals surface area (Å²) in [7, 11) is 2.12. The molecule has 0 spiro atoms. The van der Waals surface area contributed by atoms with Gasteiger partial charge < -0.3 is 5.32 Å². The summed E-state index contributed by atoms with van der Waals surface area (Å²) >= 11 is 0. The van der Waals surface area contributed by atoms with Crippen molar-refractivity contribution in [3.63, 3.8) is 0 Å².